The van der Waals surface area contributed by atoms with Gasteiger partial charge in [0.2, 0.25) is 5.91 Å². The minimum absolute atomic E-state index is 0.0667. The fraction of sp³-hybridized carbons (Fsp3) is 0.923. The van der Waals surface area contributed by atoms with Crippen LogP contribution in [0.15, 0.2) is 0 Å². The predicted octanol–water partition coefficient (Wildman–Crippen LogP) is 1.93. The molecule has 2 N–H and O–H groups in total. The zero-order chi connectivity index (χ0) is 12.1. The van der Waals surface area contributed by atoms with Crippen LogP contribution in [-0.4, -0.2) is 24.5 Å². The Bertz CT molecular complexity index is 230. The van der Waals surface area contributed by atoms with Crippen molar-refractivity contribution < 1.29 is 4.79 Å². The van der Waals surface area contributed by atoms with Gasteiger partial charge >= 0.3 is 0 Å². The van der Waals surface area contributed by atoms with Crippen LogP contribution in [0.2, 0.25) is 0 Å². The van der Waals surface area contributed by atoms with Crippen LogP contribution in [0.25, 0.3) is 0 Å². The molecule has 1 amide bonds. The van der Waals surface area contributed by atoms with E-state index in [-0.39, 0.29) is 11.9 Å². The number of carbonyl (C=O) groups excluding carboxylic acids is 1. The molecule has 3 heteroatoms. The van der Waals surface area contributed by atoms with Crippen LogP contribution in [0.1, 0.15) is 47.0 Å². The third-order valence-electron chi connectivity index (χ3n) is 3.96. The van der Waals surface area contributed by atoms with Crippen molar-refractivity contribution in [1.29, 1.82) is 0 Å². The van der Waals surface area contributed by atoms with Crippen LogP contribution in [0, 0.1) is 11.8 Å². The van der Waals surface area contributed by atoms with Gasteiger partial charge in [-0.2, -0.15) is 0 Å². The second-order valence-corrected chi connectivity index (χ2v) is 4.99. The van der Waals surface area contributed by atoms with E-state index in [1.807, 2.05) is 13.8 Å². The van der Waals surface area contributed by atoms with E-state index in [4.69, 9.17) is 0 Å². The Morgan fingerprint density at radius 2 is 2.06 bits per heavy atom. The lowest BCUT2D eigenvalue weighted by atomic mass is 9.93. The number of hydrogen-bond donors (Lipinski definition) is 2. The molecule has 94 valence electrons. The molecule has 4 atom stereocenters. The van der Waals surface area contributed by atoms with Gasteiger partial charge < -0.3 is 10.6 Å². The first-order valence-electron chi connectivity index (χ1n) is 6.63. The molecule has 16 heavy (non-hydrogen) atoms. The molecule has 0 aliphatic heterocycles. The summed E-state index contributed by atoms with van der Waals surface area (Å²) in [6, 6.07) is 0.450. The van der Waals surface area contributed by atoms with Crippen molar-refractivity contribution in [2.24, 2.45) is 11.8 Å². The fourth-order valence-corrected chi connectivity index (χ4v) is 2.78. The van der Waals surface area contributed by atoms with Crippen molar-refractivity contribution in [3.8, 4) is 0 Å². The summed E-state index contributed by atoms with van der Waals surface area (Å²) in [4.78, 5) is 11.6. The van der Waals surface area contributed by atoms with Crippen LogP contribution >= 0.6 is 0 Å². The SMILES string of the molecule is CCNC(=O)C(C)NC1CCC(CC)C1C. The van der Waals surface area contributed by atoms with E-state index in [1.165, 1.54) is 19.3 Å². The highest BCUT2D eigenvalue weighted by Crippen LogP contribution is 2.33. The topological polar surface area (TPSA) is 41.1 Å². The zero-order valence-electron chi connectivity index (χ0n) is 11.0. The minimum atomic E-state index is -0.0667. The molecule has 0 radical (unpaired) electrons. The molecule has 1 rings (SSSR count). The van der Waals surface area contributed by atoms with E-state index >= 15 is 0 Å². The molecule has 0 aromatic rings. The number of nitrogens with one attached hydrogen (secondary N) is 2. The molecule has 1 aliphatic carbocycles. The van der Waals surface area contributed by atoms with E-state index in [0.29, 0.717) is 18.5 Å². The Hall–Kier alpha value is -0.570. The minimum Gasteiger partial charge on any atom is -0.355 e. The standard InChI is InChI=1S/C13H26N2O/c1-5-11-7-8-12(9(11)3)15-10(4)13(16)14-6-2/h9-12,15H,5-8H2,1-4H3,(H,14,16). The average Bonchev–Trinajstić information content (AvgIpc) is 2.60. The Balaban J connectivity index is 2.40. The lowest BCUT2D eigenvalue weighted by Crippen LogP contribution is -2.47. The van der Waals surface area contributed by atoms with Gasteiger partial charge in [-0.25, -0.2) is 0 Å². The smallest absolute Gasteiger partial charge is 0.236 e. The highest BCUT2D eigenvalue weighted by molar-refractivity contribution is 5.81. The van der Waals surface area contributed by atoms with Crippen LogP contribution in [0.3, 0.4) is 0 Å². The van der Waals surface area contributed by atoms with Crippen molar-refractivity contribution in [1.82, 2.24) is 10.6 Å². The normalized spacial score (nSPS) is 31.4. The first kappa shape index (κ1) is 13.5. The molecule has 1 fully saturated rings. The van der Waals surface area contributed by atoms with Crippen molar-refractivity contribution in [2.75, 3.05) is 6.54 Å². The monoisotopic (exact) mass is 226 g/mol. The molecule has 0 bridgehead atoms. The van der Waals surface area contributed by atoms with Gasteiger partial charge in [0, 0.05) is 12.6 Å². The first-order chi connectivity index (χ1) is 7.60. The number of likely N-dealkylation sites (N-methyl/N-ethyl adjacent to an activating group) is 1. The molecule has 0 aromatic heterocycles. The van der Waals surface area contributed by atoms with Gasteiger partial charge in [0.15, 0.2) is 0 Å². The number of rotatable bonds is 5. The zero-order valence-corrected chi connectivity index (χ0v) is 11.0. The average molecular weight is 226 g/mol. The summed E-state index contributed by atoms with van der Waals surface area (Å²) in [6.07, 6.45) is 3.77. The maximum absolute atomic E-state index is 11.6. The second kappa shape index (κ2) is 6.24. The maximum Gasteiger partial charge on any atom is 0.236 e. The highest BCUT2D eigenvalue weighted by Gasteiger charge is 2.32. The largest absolute Gasteiger partial charge is 0.355 e. The quantitative estimate of drug-likeness (QED) is 0.752. The van der Waals surface area contributed by atoms with Gasteiger partial charge in [-0.3, -0.25) is 4.79 Å². The molecule has 0 spiro atoms. The lowest BCUT2D eigenvalue weighted by Gasteiger charge is -2.24. The summed E-state index contributed by atoms with van der Waals surface area (Å²) in [5.41, 5.74) is 0. The van der Waals surface area contributed by atoms with E-state index < -0.39 is 0 Å². The third-order valence-corrected chi connectivity index (χ3v) is 3.96. The molecule has 3 nitrogen and oxygen atoms in total. The van der Waals surface area contributed by atoms with Gasteiger partial charge in [0.05, 0.1) is 6.04 Å². The van der Waals surface area contributed by atoms with Gasteiger partial charge in [0.25, 0.3) is 0 Å². The Morgan fingerprint density at radius 3 is 2.56 bits per heavy atom. The fourth-order valence-electron chi connectivity index (χ4n) is 2.78. The molecular weight excluding hydrogens is 200 g/mol. The Morgan fingerprint density at radius 1 is 1.38 bits per heavy atom. The lowest BCUT2D eigenvalue weighted by molar-refractivity contribution is -0.122. The molecule has 4 unspecified atom stereocenters. The molecule has 1 saturated carbocycles. The first-order valence-corrected chi connectivity index (χ1v) is 6.63. The molecule has 1 aliphatic rings. The van der Waals surface area contributed by atoms with Crippen LogP contribution < -0.4 is 10.6 Å². The number of amides is 1. The third kappa shape index (κ3) is 3.21. The van der Waals surface area contributed by atoms with Gasteiger partial charge in [0.1, 0.15) is 0 Å². The Labute approximate surface area is 99.4 Å². The van der Waals surface area contributed by atoms with Crippen molar-refractivity contribution in [2.45, 2.75) is 59.0 Å². The van der Waals surface area contributed by atoms with Crippen molar-refractivity contribution in [3.05, 3.63) is 0 Å². The van der Waals surface area contributed by atoms with Crippen LogP contribution in [0.4, 0.5) is 0 Å². The highest BCUT2D eigenvalue weighted by atomic mass is 16.2. The molecule has 0 saturated heterocycles. The molecule has 0 aromatic carbocycles. The summed E-state index contributed by atoms with van der Waals surface area (Å²) in [6.45, 7) is 9.19. The van der Waals surface area contributed by atoms with Gasteiger partial charge in [-0.05, 0) is 38.5 Å². The summed E-state index contributed by atoms with van der Waals surface area (Å²) < 4.78 is 0. The summed E-state index contributed by atoms with van der Waals surface area (Å²) in [5.74, 6) is 1.65. The summed E-state index contributed by atoms with van der Waals surface area (Å²) in [7, 11) is 0. The van der Waals surface area contributed by atoms with Crippen LogP contribution in [-0.2, 0) is 4.79 Å². The van der Waals surface area contributed by atoms with Crippen LogP contribution in [0.5, 0.6) is 0 Å². The van der Waals surface area contributed by atoms with E-state index in [9.17, 15) is 4.79 Å². The second-order valence-electron chi connectivity index (χ2n) is 4.99. The van der Waals surface area contributed by atoms with Gasteiger partial charge in [-0.15, -0.1) is 0 Å². The van der Waals surface area contributed by atoms with Crippen molar-refractivity contribution in [3.63, 3.8) is 0 Å². The van der Waals surface area contributed by atoms with Gasteiger partial charge in [-0.1, -0.05) is 20.3 Å². The molecule has 0 heterocycles. The van der Waals surface area contributed by atoms with Crippen molar-refractivity contribution >= 4 is 5.91 Å². The summed E-state index contributed by atoms with van der Waals surface area (Å²) >= 11 is 0. The van der Waals surface area contributed by atoms with E-state index in [0.717, 1.165) is 5.92 Å². The Kier molecular flexibility index (Phi) is 5.26. The maximum atomic E-state index is 11.6. The summed E-state index contributed by atoms with van der Waals surface area (Å²) in [5, 5.41) is 6.32. The van der Waals surface area contributed by atoms with E-state index in [2.05, 4.69) is 24.5 Å². The number of hydrogen-bond acceptors (Lipinski definition) is 2. The predicted molar refractivity (Wildman–Crippen MR) is 67.2 cm³/mol. The van der Waals surface area contributed by atoms with E-state index in [1.54, 1.807) is 0 Å². The number of carbonyl (C=O) groups is 1. The molecular formula is C13H26N2O.